The molecule has 0 aliphatic rings. The highest BCUT2D eigenvalue weighted by Gasteiger charge is 2.26. The first-order valence-electron chi connectivity index (χ1n) is 9.07. The van der Waals surface area contributed by atoms with Crippen molar-refractivity contribution in [1.29, 1.82) is 0 Å². The van der Waals surface area contributed by atoms with E-state index in [-0.39, 0.29) is 29.4 Å². The zero-order valence-electron chi connectivity index (χ0n) is 16.2. The van der Waals surface area contributed by atoms with Crippen LogP contribution in [0.1, 0.15) is 40.3 Å². The number of nitro groups is 1. The molecule has 150 valence electrons. The van der Waals surface area contributed by atoms with Gasteiger partial charge in [-0.15, -0.1) is 0 Å². The van der Waals surface area contributed by atoms with E-state index < -0.39 is 17.0 Å². The summed E-state index contributed by atoms with van der Waals surface area (Å²) in [5, 5.41) is 12.0. The minimum atomic E-state index is -1.06. The Bertz CT molecular complexity index is 1100. The van der Waals surface area contributed by atoms with Crippen LogP contribution in [0.4, 0.5) is 5.69 Å². The fourth-order valence-electron chi connectivity index (χ4n) is 3.14. The van der Waals surface area contributed by atoms with E-state index in [0.29, 0.717) is 11.3 Å². The summed E-state index contributed by atoms with van der Waals surface area (Å²) in [4.78, 5) is 39.1. The van der Waals surface area contributed by atoms with Crippen LogP contribution in [0.3, 0.4) is 0 Å². The molecule has 1 aromatic heterocycles. The molecule has 0 amide bonds. The number of fused-ring (bicyclic) bond motifs is 1. The molecule has 3 aromatic rings. The van der Waals surface area contributed by atoms with Crippen LogP contribution in [0, 0.1) is 17.0 Å². The summed E-state index contributed by atoms with van der Waals surface area (Å²) in [5.41, 5.74) is 1.58. The number of rotatable bonds is 7. The van der Waals surface area contributed by atoms with Crippen LogP contribution in [0.5, 0.6) is 5.75 Å². The third kappa shape index (κ3) is 3.96. The van der Waals surface area contributed by atoms with Crippen LogP contribution in [0.2, 0.25) is 0 Å². The molecule has 0 fully saturated rings. The summed E-state index contributed by atoms with van der Waals surface area (Å²) in [6, 6.07) is 11.1. The van der Waals surface area contributed by atoms with E-state index in [1.165, 1.54) is 19.1 Å². The van der Waals surface area contributed by atoms with Crippen LogP contribution >= 0.6 is 0 Å². The number of hydrogen-bond acceptors (Lipinski definition) is 6. The van der Waals surface area contributed by atoms with Gasteiger partial charge in [-0.05, 0) is 39.0 Å². The van der Waals surface area contributed by atoms with Crippen molar-refractivity contribution in [3.8, 4) is 5.75 Å². The lowest BCUT2D eigenvalue weighted by molar-refractivity contribution is -0.385. The van der Waals surface area contributed by atoms with Gasteiger partial charge in [-0.3, -0.25) is 14.9 Å². The number of aryl methyl sites for hydroxylation is 1. The molecule has 0 saturated carbocycles. The lowest BCUT2D eigenvalue weighted by Gasteiger charge is -2.13. The van der Waals surface area contributed by atoms with Crippen molar-refractivity contribution in [2.45, 2.75) is 26.9 Å². The van der Waals surface area contributed by atoms with E-state index in [9.17, 15) is 19.7 Å². The lowest BCUT2D eigenvalue weighted by atomic mass is 10.0. The molecule has 0 aliphatic heterocycles. The number of esters is 1. The average molecular weight is 396 g/mol. The number of nitrogens with zero attached hydrogens (tertiary/aromatic N) is 1. The Morgan fingerprint density at radius 1 is 1.21 bits per heavy atom. The maximum atomic E-state index is 12.9. The number of carbonyl (C=O) groups is 2. The first kappa shape index (κ1) is 20.1. The van der Waals surface area contributed by atoms with Crippen molar-refractivity contribution in [3.05, 3.63) is 69.4 Å². The Kier molecular flexibility index (Phi) is 5.63. The van der Waals surface area contributed by atoms with Crippen LogP contribution in [-0.2, 0) is 4.74 Å². The lowest BCUT2D eigenvalue weighted by Crippen LogP contribution is -2.25. The Morgan fingerprint density at radius 2 is 1.93 bits per heavy atom. The largest absolute Gasteiger partial charge is 0.487 e. The normalized spacial score (nSPS) is 11.8. The summed E-state index contributed by atoms with van der Waals surface area (Å²) in [7, 11) is 0. The van der Waals surface area contributed by atoms with Crippen molar-refractivity contribution in [1.82, 2.24) is 4.98 Å². The molecular formula is C21H20N2O6. The molecule has 0 unspecified atom stereocenters. The highest BCUT2D eigenvalue weighted by molar-refractivity contribution is 6.11. The number of H-pyrrole nitrogens is 1. The van der Waals surface area contributed by atoms with E-state index in [1.807, 2.05) is 24.3 Å². The Morgan fingerprint density at radius 3 is 2.62 bits per heavy atom. The summed E-state index contributed by atoms with van der Waals surface area (Å²) < 4.78 is 10.5. The van der Waals surface area contributed by atoms with Gasteiger partial charge in [0.25, 0.3) is 0 Å². The van der Waals surface area contributed by atoms with E-state index >= 15 is 0 Å². The molecule has 1 heterocycles. The third-order valence-corrected chi connectivity index (χ3v) is 4.48. The fraction of sp³-hybridized carbons (Fsp3) is 0.238. The van der Waals surface area contributed by atoms with E-state index in [2.05, 4.69) is 4.98 Å². The molecule has 2 aromatic carbocycles. The summed E-state index contributed by atoms with van der Waals surface area (Å²) >= 11 is 0. The second-order valence-electron chi connectivity index (χ2n) is 6.45. The van der Waals surface area contributed by atoms with Gasteiger partial charge in [-0.2, -0.15) is 0 Å². The van der Waals surface area contributed by atoms with Crippen molar-refractivity contribution in [2.24, 2.45) is 0 Å². The zero-order valence-corrected chi connectivity index (χ0v) is 16.2. The molecule has 0 bridgehead atoms. The molecule has 8 nitrogen and oxygen atoms in total. The molecule has 29 heavy (non-hydrogen) atoms. The number of ether oxygens (including phenoxy) is 2. The van der Waals surface area contributed by atoms with Crippen molar-refractivity contribution in [2.75, 3.05) is 6.61 Å². The standard InChI is InChI=1S/C21H20N2O6/c1-4-28-18-10-9-14(11-17(18)23(26)27)21(25)29-13(3)20(24)19-12(2)22-16-8-6-5-7-15(16)19/h5-11,13,22H,4H2,1-3H3/t13-/m0/s1. The van der Waals surface area contributed by atoms with E-state index in [0.717, 1.165) is 17.0 Å². The van der Waals surface area contributed by atoms with Gasteiger partial charge < -0.3 is 14.5 Å². The first-order chi connectivity index (χ1) is 13.8. The van der Waals surface area contributed by atoms with Gasteiger partial charge in [0, 0.05) is 28.2 Å². The topological polar surface area (TPSA) is 112 Å². The minimum absolute atomic E-state index is 0.0320. The third-order valence-electron chi connectivity index (χ3n) is 4.48. The predicted molar refractivity (Wildman–Crippen MR) is 107 cm³/mol. The summed E-state index contributed by atoms with van der Waals surface area (Å²) in [6.45, 7) is 5.20. The van der Waals surface area contributed by atoms with Gasteiger partial charge in [0.05, 0.1) is 17.1 Å². The van der Waals surface area contributed by atoms with E-state index in [4.69, 9.17) is 9.47 Å². The number of aromatic nitrogens is 1. The number of para-hydroxylation sites is 1. The molecule has 8 heteroatoms. The quantitative estimate of drug-likeness (QED) is 0.277. The van der Waals surface area contributed by atoms with E-state index in [1.54, 1.807) is 13.8 Å². The van der Waals surface area contributed by atoms with Crippen molar-refractivity contribution in [3.63, 3.8) is 0 Å². The SMILES string of the molecule is CCOc1ccc(C(=O)O[C@@H](C)C(=O)c2c(C)[nH]c3ccccc23)cc1[N+](=O)[O-]. The highest BCUT2D eigenvalue weighted by Crippen LogP contribution is 2.29. The molecule has 3 rings (SSSR count). The Balaban J connectivity index is 1.83. The number of hydrogen-bond donors (Lipinski definition) is 1. The number of carbonyl (C=O) groups excluding carboxylic acids is 2. The van der Waals surface area contributed by atoms with Gasteiger partial charge in [0.2, 0.25) is 5.78 Å². The number of nitrogens with one attached hydrogen (secondary N) is 1. The summed E-state index contributed by atoms with van der Waals surface area (Å²) in [5.74, 6) is -1.11. The predicted octanol–water partition coefficient (Wildman–Crippen LogP) is 4.21. The van der Waals surface area contributed by atoms with Gasteiger partial charge in [0.1, 0.15) is 0 Å². The second-order valence-corrected chi connectivity index (χ2v) is 6.45. The fourth-order valence-corrected chi connectivity index (χ4v) is 3.14. The first-order valence-corrected chi connectivity index (χ1v) is 9.07. The minimum Gasteiger partial charge on any atom is -0.487 e. The summed E-state index contributed by atoms with van der Waals surface area (Å²) in [6.07, 6.45) is -1.06. The zero-order chi connectivity index (χ0) is 21.1. The molecule has 0 radical (unpaired) electrons. The Hall–Kier alpha value is -3.68. The van der Waals surface area contributed by atoms with Crippen LogP contribution in [0.15, 0.2) is 42.5 Å². The number of benzene rings is 2. The molecule has 1 atom stereocenters. The maximum Gasteiger partial charge on any atom is 0.339 e. The average Bonchev–Trinajstić information content (AvgIpc) is 3.03. The number of nitro benzene ring substituents is 1. The smallest absolute Gasteiger partial charge is 0.339 e. The van der Waals surface area contributed by atoms with Gasteiger partial charge in [-0.1, -0.05) is 18.2 Å². The van der Waals surface area contributed by atoms with Gasteiger partial charge >= 0.3 is 11.7 Å². The number of ketones is 1. The van der Waals surface area contributed by atoms with Crippen LogP contribution in [-0.4, -0.2) is 34.4 Å². The van der Waals surface area contributed by atoms with Gasteiger partial charge in [0.15, 0.2) is 11.9 Å². The Labute approximate surface area is 166 Å². The maximum absolute atomic E-state index is 12.9. The van der Waals surface area contributed by atoms with Crippen molar-refractivity contribution < 1.29 is 24.0 Å². The highest BCUT2D eigenvalue weighted by atomic mass is 16.6. The van der Waals surface area contributed by atoms with Crippen LogP contribution < -0.4 is 4.74 Å². The number of Topliss-reactive ketones (excluding diaryl/α,β-unsaturated/α-hetero) is 1. The molecule has 0 spiro atoms. The number of aromatic amines is 1. The molecule has 0 saturated heterocycles. The van der Waals surface area contributed by atoms with Crippen molar-refractivity contribution >= 4 is 28.3 Å². The monoisotopic (exact) mass is 396 g/mol. The molecular weight excluding hydrogens is 376 g/mol. The van der Waals surface area contributed by atoms with Crippen LogP contribution in [0.25, 0.3) is 10.9 Å². The molecule has 0 aliphatic carbocycles. The second kappa shape index (κ2) is 8.14. The van der Waals surface area contributed by atoms with Gasteiger partial charge in [-0.25, -0.2) is 4.79 Å². The molecule has 1 N–H and O–H groups in total.